The lowest BCUT2D eigenvalue weighted by Crippen LogP contribution is -2.27. The van der Waals surface area contributed by atoms with E-state index in [0.29, 0.717) is 17.2 Å². The van der Waals surface area contributed by atoms with Crippen molar-refractivity contribution in [1.29, 1.82) is 0 Å². The van der Waals surface area contributed by atoms with Crippen LogP contribution in [0.3, 0.4) is 0 Å². The first-order valence-electron chi connectivity index (χ1n) is 6.71. The number of nitrogens with one attached hydrogen (secondary N) is 1. The van der Waals surface area contributed by atoms with Crippen LogP contribution in [0.2, 0.25) is 0 Å². The molecule has 0 bridgehead atoms. The summed E-state index contributed by atoms with van der Waals surface area (Å²) in [5.74, 6) is -0.592. The molecule has 0 radical (unpaired) electrons. The third-order valence-electron chi connectivity index (χ3n) is 3.41. The van der Waals surface area contributed by atoms with Crippen LogP contribution in [0.15, 0.2) is 0 Å². The van der Waals surface area contributed by atoms with Gasteiger partial charge in [-0.25, -0.2) is 4.79 Å². The zero-order valence-electron chi connectivity index (χ0n) is 11.9. The maximum atomic E-state index is 12.1. The normalized spacial score (nSPS) is 18.1. The molecule has 1 saturated heterocycles. The van der Waals surface area contributed by atoms with E-state index in [1.807, 2.05) is 13.8 Å². The number of hydrogen-bond acceptors (Lipinski definition) is 5. The molecule has 110 valence electrons. The number of thiophene rings is 1. The second kappa shape index (κ2) is 6.37. The average molecular weight is 297 g/mol. The molecule has 1 N–H and O–H groups in total. The van der Waals surface area contributed by atoms with Crippen molar-refractivity contribution in [2.24, 2.45) is 0 Å². The highest BCUT2D eigenvalue weighted by molar-refractivity contribution is 7.16. The fourth-order valence-electron chi connectivity index (χ4n) is 2.39. The van der Waals surface area contributed by atoms with Gasteiger partial charge in [-0.05, 0) is 31.7 Å². The number of hydrogen-bond donors (Lipinski definition) is 1. The molecular formula is C14H19NO4S. The molecule has 0 spiro atoms. The summed E-state index contributed by atoms with van der Waals surface area (Å²) in [5, 5.41) is 3.38. The summed E-state index contributed by atoms with van der Waals surface area (Å²) >= 11 is 1.41. The van der Waals surface area contributed by atoms with Gasteiger partial charge in [0, 0.05) is 11.5 Å². The molecule has 0 unspecified atom stereocenters. The van der Waals surface area contributed by atoms with Crippen LogP contribution in [0, 0.1) is 6.92 Å². The summed E-state index contributed by atoms with van der Waals surface area (Å²) in [6.45, 7) is 4.54. The summed E-state index contributed by atoms with van der Waals surface area (Å²) < 4.78 is 10.2. The van der Waals surface area contributed by atoms with Crippen molar-refractivity contribution in [3.8, 4) is 0 Å². The molecule has 2 rings (SSSR count). The molecule has 1 aromatic rings. The quantitative estimate of drug-likeness (QED) is 0.867. The second-order valence-corrected chi connectivity index (χ2v) is 5.90. The lowest BCUT2D eigenvalue weighted by Gasteiger charge is -2.10. The molecule has 20 heavy (non-hydrogen) atoms. The number of aryl methyl sites for hydroxylation is 1. The van der Waals surface area contributed by atoms with E-state index in [1.165, 1.54) is 18.4 Å². The molecule has 0 aliphatic carbocycles. The van der Waals surface area contributed by atoms with Crippen LogP contribution in [-0.4, -0.2) is 31.7 Å². The van der Waals surface area contributed by atoms with Crippen molar-refractivity contribution in [3.63, 3.8) is 0 Å². The minimum Gasteiger partial charge on any atom is -0.465 e. The van der Waals surface area contributed by atoms with Gasteiger partial charge in [0.05, 0.1) is 12.7 Å². The van der Waals surface area contributed by atoms with Gasteiger partial charge in [-0.2, -0.15) is 0 Å². The highest BCUT2D eigenvalue weighted by Crippen LogP contribution is 2.34. The molecule has 5 nitrogen and oxygen atoms in total. The molecule has 2 heterocycles. The Hall–Kier alpha value is -1.40. The molecule has 1 aromatic heterocycles. The van der Waals surface area contributed by atoms with Crippen molar-refractivity contribution >= 4 is 28.2 Å². The van der Waals surface area contributed by atoms with Crippen LogP contribution in [0.5, 0.6) is 0 Å². The van der Waals surface area contributed by atoms with Gasteiger partial charge in [-0.1, -0.05) is 6.92 Å². The van der Waals surface area contributed by atoms with Gasteiger partial charge in [0.2, 0.25) is 0 Å². The van der Waals surface area contributed by atoms with E-state index in [9.17, 15) is 9.59 Å². The van der Waals surface area contributed by atoms with E-state index in [0.717, 1.165) is 29.7 Å². The van der Waals surface area contributed by atoms with Crippen molar-refractivity contribution < 1.29 is 19.1 Å². The van der Waals surface area contributed by atoms with Gasteiger partial charge in [-0.3, -0.25) is 4.79 Å². The first kappa shape index (κ1) is 15.0. The van der Waals surface area contributed by atoms with E-state index in [-0.39, 0.29) is 5.91 Å². The number of carbonyl (C=O) groups is 2. The van der Waals surface area contributed by atoms with Crippen LogP contribution >= 0.6 is 11.3 Å². The van der Waals surface area contributed by atoms with Crippen LogP contribution < -0.4 is 5.32 Å². The third kappa shape index (κ3) is 2.86. The number of methoxy groups -OCH3 is 1. The molecule has 6 heteroatoms. The number of carbonyl (C=O) groups excluding carboxylic acids is 2. The maximum absolute atomic E-state index is 12.1. The lowest BCUT2D eigenvalue weighted by atomic mass is 10.1. The minimum absolute atomic E-state index is 0.184. The predicted octanol–water partition coefficient (Wildman–Crippen LogP) is 2.52. The summed E-state index contributed by atoms with van der Waals surface area (Å²) in [6.07, 6.45) is 1.94. The Bertz CT molecular complexity index is 517. The maximum Gasteiger partial charge on any atom is 0.341 e. The highest BCUT2D eigenvalue weighted by Gasteiger charge is 2.27. The van der Waals surface area contributed by atoms with E-state index in [2.05, 4.69) is 5.32 Å². The molecule has 0 saturated carbocycles. The van der Waals surface area contributed by atoms with Gasteiger partial charge in [-0.15, -0.1) is 11.3 Å². The summed E-state index contributed by atoms with van der Waals surface area (Å²) in [4.78, 5) is 25.1. The number of rotatable bonds is 4. The summed E-state index contributed by atoms with van der Waals surface area (Å²) in [5.41, 5.74) is 1.41. The second-order valence-electron chi connectivity index (χ2n) is 4.68. The number of ether oxygens (including phenoxy) is 2. The van der Waals surface area contributed by atoms with Gasteiger partial charge in [0.25, 0.3) is 5.91 Å². The van der Waals surface area contributed by atoms with E-state index in [4.69, 9.17) is 9.47 Å². The van der Waals surface area contributed by atoms with Crippen LogP contribution in [0.25, 0.3) is 0 Å². The predicted molar refractivity (Wildman–Crippen MR) is 77.4 cm³/mol. The standard InChI is InChI=1S/C14H19NO4S/c1-4-9-8(2)20-13(11(9)14(17)18-3)15-12(16)10-6-5-7-19-10/h10H,4-7H2,1-3H3,(H,15,16)/t10-/m0/s1. The first-order chi connectivity index (χ1) is 9.58. The first-order valence-corrected chi connectivity index (χ1v) is 7.53. The third-order valence-corrected chi connectivity index (χ3v) is 4.47. The zero-order chi connectivity index (χ0) is 14.7. The Kier molecular flexibility index (Phi) is 4.77. The van der Waals surface area contributed by atoms with Crippen molar-refractivity contribution in [3.05, 3.63) is 16.0 Å². The van der Waals surface area contributed by atoms with Gasteiger partial charge >= 0.3 is 5.97 Å². The molecule has 1 aliphatic rings. The topological polar surface area (TPSA) is 64.6 Å². The smallest absolute Gasteiger partial charge is 0.341 e. The van der Waals surface area contributed by atoms with Crippen molar-refractivity contribution in [1.82, 2.24) is 0 Å². The summed E-state index contributed by atoms with van der Waals surface area (Å²) in [6, 6.07) is 0. The van der Waals surface area contributed by atoms with Gasteiger partial charge in [0.15, 0.2) is 0 Å². The Morgan fingerprint density at radius 2 is 2.25 bits per heavy atom. The van der Waals surface area contributed by atoms with Gasteiger partial charge in [0.1, 0.15) is 11.1 Å². The largest absolute Gasteiger partial charge is 0.465 e. The van der Waals surface area contributed by atoms with Gasteiger partial charge < -0.3 is 14.8 Å². The number of esters is 1. The number of anilines is 1. The Balaban J connectivity index is 2.26. The molecule has 1 amide bonds. The molecule has 1 aliphatic heterocycles. The summed E-state index contributed by atoms with van der Waals surface area (Å²) in [7, 11) is 1.35. The SMILES string of the molecule is CCc1c(C)sc(NC(=O)[C@@H]2CCCO2)c1C(=O)OC. The Labute approximate surface area is 122 Å². The van der Waals surface area contributed by atoms with E-state index >= 15 is 0 Å². The zero-order valence-corrected chi connectivity index (χ0v) is 12.8. The Morgan fingerprint density at radius 3 is 2.80 bits per heavy atom. The van der Waals surface area contributed by atoms with Crippen LogP contribution in [0.1, 0.15) is 40.6 Å². The van der Waals surface area contributed by atoms with E-state index in [1.54, 1.807) is 0 Å². The highest BCUT2D eigenvalue weighted by atomic mass is 32.1. The molecule has 1 atom stereocenters. The van der Waals surface area contributed by atoms with Crippen molar-refractivity contribution in [2.45, 2.75) is 39.2 Å². The van der Waals surface area contributed by atoms with E-state index < -0.39 is 12.1 Å². The molecule has 1 fully saturated rings. The minimum atomic E-state index is -0.409. The molecular weight excluding hydrogens is 278 g/mol. The Morgan fingerprint density at radius 1 is 1.50 bits per heavy atom. The lowest BCUT2D eigenvalue weighted by molar-refractivity contribution is -0.124. The monoisotopic (exact) mass is 297 g/mol. The average Bonchev–Trinajstić information content (AvgIpc) is 3.05. The fourth-order valence-corrected chi connectivity index (χ4v) is 3.52. The van der Waals surface area contributed by atoms with Crippen LogP contribution in [-0.2, 0) is 20.7 Å². The number of amides is 1. The van der Waals surface area contributed by atoms with Crippen LogP contribution in [0.4, 0.5) is 5.00 Å². The fraction of sp³-hybridized carbons (Fsp3) is 0.571. The van der Waals surface area contributed by atoms with Crippen molar-refractivity contribution in [2.75, 3.05) is 19.0 Å². The molecule has 0 aromatic carbocycles.